The van der Waals surface area contributed by atoms with Crippen LogP contribution in [0.3, 0.4) is 0 Å². The van der Waals surface area contributed by atoms with E-state index in [1.165, 1.54) is 36.4 Å². The molecule has 0 aromatic heterocycles. The normalized spacial score (nSPS) is 11.1. The summed E-state index contributed by atoms with van der Waals surface area (Å²) < 4.78 is 75.2. The number of hydrogen-bond acceptors (Lipinski definition) is 18. The van der Waals surface area contributed by atoms with Crippen LogP contribution < -0.4 is 56.8 Å². The van der Waals surface area contributed by atoms with E-state index in [1.54, 1.807) is 182 Å². The van der Waals surface area contributed by atoms with E-state index in [2.05, 4.69) is 39.5 Å². The van der Waals surface area contributed by atoms with Gasteiger partial charge in [0.25, 0.3) is 0 Å². The molecule has 0 fully saturated rings. The molecule has 0 N–H and O–H groups in total. The smallest absolute Gasteiger partial charge is 0.343 e. The zero-order chi connectivity index (χ0) is 87.2. The first-order chi connectivity index (χ1) is 61.6. The predicted octanol–water partition coefficient (Wildman–Crippen LogP) is 25.1. The number of fused-ring (bicyclic) bond motifs is 12. The molecule has 0 unspecified atom stereocenters. The maximum atomic E-state index is 15.2. The lowest BCUT2D eigenvalue weighted by Gasteiger charge is -2.19. The third-order valence-electron chi connectivity index (χ3n) is 21.2. The number of rotatable bonds is 36. The summed E-state index contributed by atoms with van der Waals surface area (Å²) in [6.07, 6.45) is 14.4. The Morgan fingerprint density at radius 1 is 0.183 bits per heavy atom. The summed E-state index contributed by atoms with van der Waals surface area (Å²) in [5.41, 5.74) is 0.680. The molecule has 0 bridgehead atoms. The fraction of sp³-hybridized carbons (Fsp3) is 0.111. The van der Waals surface area contributed by atoms with Crippen LogP contribution in [0.2, 0.25) is 0 Å². The van der Waals surface area contributed by atoms with Crippen LogP contribution in [-0.2, 0) is 0 Å². The monoisotopic (exact) mass is 1670 g/mol. The van der Waals surface area contributed by atoms with Crippen molar-refractivity contribution >= 4 is 133 Å². The van der Waals surface area contributed by atoms with Gasteiger partial charge >= 0.3 is 35.8 Å². The molecule has 126 heavy (non-hydrogen) atoms. The van der Waals surface area contributed by atoms with E-state index in [0.717, 1.165) is 32.3 Å². The second-order valence-corrected chi connectivity index (χ2v) is 29.8. The molecule has 0 atom stereocenters. The van der Waals surface area contributed by atoms with Crippen molar-refractivity contribution < 1.29 is 85.6 Å². The third-order valence-corrected chi connectivity index (χ3v) is 21.2. The van der Waals surface area contributed by atoms with E-state index in [4.69, 9.17) is 56.8 Å². The van der Waals surface area contributed by atoms with Gasteiger partial charge in [-0.15, -0.1) is 39.5 Å². The van der Waals surface area contributed by atoms with Gasteiger partial charge in [-0.3, -0.25) is 0 Å². The topological polar surface area (TPSA) is 213 Å². The molecule has 0 aliphatic carbocycles. The van der Waals surface area contributed by atoms with E-state index in [0.29, 0.717) is 145 Å². The minimum Gasteiger partial charge on any atom is -0.493 e. The summed E-state index contributed by atoms with van der Waals surface area (Å²) in [7, 11) is 0. The van der Waals surface area contributed by atoms with Gasteiger partial charge in [-0.1, -0.05) is 109 Å². The van der Waals surface area contributed by atoms with Crippen LogP contribution in [0.1, 0.15) is 101 Å². The molecule has 16 aromatic carbocycles. The van der Waals surface area contributed by atoms with Crippen LogP contribution in [0.25, 0.3) is 97.0 Å². The van der Waals surface area contributed by atoms with Crippen LogP contribution in [0.5, 0.6) is 69.0 Å². The predicted molar refractivity (Wildman–Crippen MR) is 494 cm³/mol. The van der Waals surface area contributed by atoms with Crippen LogP contribution in [0.4, 0.5) is 0 Å². The van der Waals surface area contributed by atoms with E-state index in [-0.39, 0.29) is 100 Å². The van der Waals surface area contributed by atoms with E-state index in [1.807, 2.05) is 72.8 Å². The highest BCUT2D eigenvalue weighted by molar-refractivity contribution is 6.27. The average Bonchev–Trinajstić information content (AvgIpc) is 0.719. The SMILES string of the molecule is C=CCCOc1ccc2cc(C(=O)Oc3cc4c5cc(OC(=O)c6ccc7cc(OCCC=C)ccc7c6)c(OC(=O)c6ccc7cc(OCCC=C)ccc7c6)cc5c5cc(OC(=O)c6ccc7cc(OCCC=C)ccc7c6)c(OC(=O)c6ccc7cc(OCCC=C)ccc7c6)cc5c4cc3OC(=O)c3ccc4cc(OCCC=C)ccc4c3)ccc2c1. The van der Waals surface area contributed by atoms with Gasteiger partial charge in [0.1, 0.15) is 34.5 Å². The number of carbonyl (C=O) groups is 6. The summed E-state index contributed by atoms with van der Waals surface area (Å²) in [5, 5.41) is 10.1. The molecule has 16 rings (SSSR count). The first-order valence-electron chi connectivity index (χ1n) is 41.1. The Labute approximate surface area is 725 Å². The summed E-state index contributed by atoms with van der Waals surface area (Å²) in [5.74, 6) is -3.08. The Morgan fingerprint density at radius 3 is 0.460 bits per heavy atom. The third kappa shape index (κ3) is 19.1. The molecular weight excluding hydrogens is 1590 g/mol. The minimum absolute atomic E-state index is 0.113. The molecule has 0 saturated carbocycles. The van der Waals surface area contributed by atoms with Crippen LogP contribution >= 0.6 is 0 Å². The zero-order valence-electron chi connectivity index (χ0n) is 68.8. The second kappa shape index (κ2) is 38.3. The molecule has 624 valence electrons. The average molecular weight is 1670 g/mol. The molecule has 0 saturated heterocycles. The quantitative estimate of drug-likeness (QED) is 0.0117. The molecule has 0 heterocycles. The first-order valence-corrected chi connectivity index (χ1v) is 41.1. The van der Waals surface area contributed by atoms with Gasteiger partial charge in [0.2, 0.25) is 0 Å². The zero-order valence-corrected chi connectivity index (χ0v) is 68.8. The highest BCUT2D eigenvalue weighted by atomic mass is 16.6. The fourth-order valence-corrected chi connectivity index (χ4v) is 14.7. The van der Waals surface area contributed by atoms with Crippen molar-refractivity contribution in [1.29, 1.82) is 0 Å². The van der Waals surface area contributed by atoms with Crippen LogP contribution in [0, 0.1) is 0 Å². The first kappa shape index (κ1) is 83.6. The van der Waals surface area contributed by atoms with E-state index >= 15 is 28.8 Å². The van der Waals surface area contributed by atoms with Gasteiger partial charge in [-0.05, 0) is 317 Å². The largest absolute Gasteiger partial charge is 0.493 e. The van der Waals surface area contributed by atoms with Crippen molar-refractivity contribution in [2.45, 2.75) is 38.5 Å². The number of benzene rings is 16. The molecule has 0 spiro atoms. The van der Waals surface area contributed by atoms with Gasteiger partial charge in [-0.2, -0.15) is 0 Å². The Kier molecular flexibility index (Phi) is 25.4. The molecule has 0 aliphatic heterocycles. The van der Waals surface area contributed by atoms with Crippen molar-refractivity contribution in [2.24, 2.45) is 0 Å². The molecule has 18 nitrogen and oxygen atoms in total. The standard InChI is InChI=1S/C108H84O18/c1-7-13-43-115-85-37-31-67-49-79(25-19-73(67)55-85)103(109)121-97-61-91-92(62-98(97)122-104(110)80-26-20-74-56-86(116-44-14-8-2)38-32-68(74)50-80)94-64-100(124-106(112)82-28-22-76-58-88(118-46-16-10-4)40-34-70(76)52-82)102(126-108(114)84-30-24-78-60-90(120-48-18-12-6)42-36-72(78)54-84)66-96(94)95-65-101(125-107(113)83-29-23-77-59-89(119-47-17-11-5)41-35-71(77)53-83)99(63-93(91)95)123-105(111)81-27-21-75-57-87(117-45-15-9-3)39-33-69(75)51-81/h7-12,19-42,49-66H,1-6,13-18,43-48H2. The molecule has 16 aromatic rings. The van der Waals surface area contributed by atoms with Crippen molar-refractivity contribution in [3.05, 3.63) is 364 Å². The Hall–Kier alpha value is -16.1. The molecule has 0 aliphatic rings. The lowest BCUT2D eigenvalue weighted by atomic mass is 9.93. The van der Waals surface area contributed by atoms with Gasteiger partial charge in [-0.25, -0.2) is 28.8 Å². The maximum Gasteiger partial charge on any atom is 0.343 e. The number of hydrogen-bond donors (Lipinski definition) is 0. The summed E-state index contributed by atoms with van der Waals surface area (Å²) in [6, 6.07) is 72.0. The van der Waals surface area contributed by atoms with Crippen LogP contribution in [0.15, 0.2) is 331 Å². The van der Waals surface area contributed by atoms with Crippen LogP contribution in [-0.4, -0.2) is 75.5 Å². The van der Waals surface area contributed by atoms with Gasteiger partial charge < -0.3 is 56.8 Å². The number of carbonyl (C=O) groups excluding carboxylic acids is 6. The minimum atomic E-state index is -0.862. The van der Waals surface area contributed by atoms with Crippen molar-refractivity contribution in [1.82, 2.24) is 0 Å². The van der Waals surface area contributed by atoms with Crippen molar-refractivity contribution in [3.63, 3.8) is 0 Å². The van der Waals surface area contributed by atoms with Crippen molar-refractivity contribution in [2.75, 3.05) is 39.6 Å². The Bertz CT molecular complexity index is 5980. The fourth-order valence-electron chi connectivity index (χ4n) is 14.7. The Morgan fingerprint density at radius 2 is 0.317 bits per heavy atom. The van der Waals surface area contributed by atoms with Gasteiger partial charge in [0.05, 0.1) is 73.0 Å². The summed E-state index contributed by atoms with van der Waals surface area (Å²) in [4.78, 5) is 91.5. The highest BCUT2D eigenvalue weighted by Gasteiger charge is 2.28. The maximum absolute atomic E-state index is 15.2. The van der Waals surface area contributed by atoms with Gasteiger partial charge in [0.15, 0.2) is 34.5 Å². The molecular formula is C108H84O18. The summed E-state index contributed by atoms with van der Waals surface area (Å²) >= 11 is 0. The van der Waals surface area contributed by atoms with Crippen molar-refractivity contribution in [3.8, 4) is 69.0 Å². The molecule has 0 radical (unpaired) electrons. The second-order valence-electron chi connectivity index (χ2n) is 29.8. The lowest BCUT2D eigenvalue weighted by Crippen LogP contribution is -2.14. The molecule has 18 heteroatoms. The highest BCUT2D eigenvalue weighted by Crippen LogP contribution is 2.49. The molecule has 0 amide bonds. The van der Waals surface area contributed by atoms with E-state index < -0.39 is 35.8 Å². The van der Waals surface area contributed by atoms with E-state index in [9.17, 15) is 0 Å². The Balaban J connectivity index is 0.908. The summed E-state index contributed by atoms with van der Waals surface area (Å²) in [6.45, 7) is 25.3. The number of ether oxygens (including phenoxy) is 12. The van der Waals surface area contributed by atoms with Gasteiger partial charge in [0, 0.05) is 0 Å². The lowest BCUT2D eigenvalue weighted by molar-refractivity contribution is 0.0682. The number of esters is 6.